The average Bonchev–Trinajstić information content (AvgIpc) is 2.41. The Kier molecular flexibility index (Phi) is 4.10. The van der Waals surface area contributed by atoms with Crippen molar-refractivity contribution >= 4 is 23.0 Å². The van der Waals surface area contributed by atoms with Gasteiger partial charge in [0.05, 0.1) is 5.69 Å². The minimum Gasteiger partial charge on any atom is -0.505 e. The van der Waals surface area contributed by atoms with Crippen LogP contribution in [0.5, 0.6) is 5.75 Å². The maximum Gasteiger partial charge on any atom is 0.221 e. The van der Waals surface area contributed by atoms with E-state index in [1.165, 1.54) is 6.92 Å². The predicted molar refractivity (Wildman–Crippen MR) is 77.8 cm³/mol. The molecule has 0 aliphatic heterocycles. The summed E-state index contributed by atoms with van der Waals surface area (Å²) in [4.78, 5) is 10.9. The van der Waals surface area contributed by atoms with Gasteiger partial charge in [0.2, 0.25) is 5.91 Å². The Hall–Kier alpha value is -2.69. The Morgan fingerprint density at radius 2 is 1.80 bits per heavy atom. The van der Waals surface area contributed by atoms with Crippen molar-refractivity contribution in [1.82, 2.24) is 0 Å². The van der Waals surface area contributed by atoms with Gasteiger partial charge in [0.25, 0.3) is 0 Å². The summed E-state index contributed by atoms with van der Waals surface area (Å²) >= 11 is 0. The van der Waals surface area contributed by atoms with Crippen molar-refractivity contribution in [2.75, 3.05) is 5.32 Å². The van der Waals surface area contributed by atoms with Gasteiger partial charge in [0, 0.05) is 12.6 Å². The summed E-state index contributed by atoms with van der Waals surface area (Å²) in [7, 11) is 0. The summed E-state index contributed by atoms with van der Waals surface area (Å²) in [5, 5.41) is 20.6. The predicted octanol–water partition coefficient (Wildman–Crippen LogP) is 4.07. The van der Waals surface area contributed by atoms with Crippen LogP contribution in [-0.2, 0) is 4.79 Å². The summed E-state index contributed by atoms with van der Waals surface area (Å²) < 4.78 is 0. The Morgan fingerprint density at radius 3 is 2.45 bits per heavy atom. The van der Waals surface area contributed by atoms with Gasteiger partial charge in [-0.15, -0.1) is 5.11 Å². The normalized spacial score (nSPS) is 10.7. The number of rotatable bonds is 3. The number of aryl methyl sites for hydroxylation is 1. The first-order chi connectivity index (χ1) is 9.56. The zero-order valence-corrected chi connectivity index (χ0v) is 11.3. The van der Waals surface area contributed by atoms with Crippen molar-refractivity contribution in [3.8, 4) is 5.75 Å². The van der Waals surface area contributed by atoms with Crippen LogP contribution in [0.3, 0.4) is 0 Å². The smallest absolute Gasteiger partial charge is 0.221 e. The minimum absolute atomic E-state index is 0.121. The van der Waals surface area contributed by atoms with Gasteiger partial charge < -0.3 is 10.4 Å². The van der Waals surface area contributed by atoms with E-state index in [4.69, 9.17) is 0 Å². The van der Waals surface area contributed by atoms with E-state index in [1.807, 2.05) is 6.07 Å². The van der Waals surface area contributed by atoms with Gasteiger partial charge in [-0.05, 0) is 42.8 Å². The molecule has 0 spiro atoms. The lowest BCUT2D eigenvalue weighted by Crippen LogP contribution is -2.04. The van der Waals surface area contributed by atoms with Crippen LogP contribution in [0, 0.1) is 6.92 Å². The average molecular weight is 269 g/mol. The molecule has 0 atom stereocenters. The van der Waals surface area contributed by atoms with E-state index in [-0.39, 0.29) is 11.7 Å². The molecular formula is C15H15N3O2. The van der Waals surface area contributed by atoms with E-state index in [1.54, 1.807) is 43.3 Å². The van der Waals surface area contributed by atoms with Gasteiger partial charge in [-0.3, -0.25) is 4.79 Å². The quantitative estimate of drug-likeness (QED) is 0.824. The molecule has 0 radical (unpaired) electrons. The van der Waals surface area contributed by atoms with Gasteiger partial charge >= 0.3 is 0 Å². The molecule has 2 N–H and O–H groups in total. The number of hydrogen-bond acceptors (Lipinski definition) is 4. The lowest BCUT2D eigenvalue weighted by atomic mass is 10.2. The summed E-state index contributed by atoms with van der Waals surface area (Å²) in [6.45, 7) is 3.25. The first kappa shape index (κ1) is 13.7. The van der Waals surface area contributed by atoms with Crippen molar-refractivity contribution in [3.63, 3.8) is 0 Å². The topological polar surface area (TPSA) is 74.0 Å². The SMILES string of the molecule is CC(=O)Nc1ccc(N=Nc2cccc(C)c2O)cc1. The van der Waals surface area contributed by atoms with E-state index in [2.05, 4.69) is 15.5 Å². The zero-order valence-electron chi connectivity index (χ0n) is 11.3. The van der Waals surface area contributed by atoms with Crippen LogP contribution >= 0.6 is 0 Å². The molecule has 2 aromatic rings. The molecule has 2 rings (SSSR count). The van der Waals surface area contributed by atoms with E-state index in [9.17, 15) is 9.90 Å². The van der Waals surface area contributed by atoms with Crippen LogP contribution in [0.2, 0.25) is 0 Å². The van der Waals surface area contributed by atoms with Gasteiger partial charge in [-0.1, -0.05) is 12.1 Å². The summed E-state index contributed by atoms with van der Waals surface area (Å²) in [6.07, 6.45) is 0. The third-order valence-electron chi connectivity index (χ3n) is 2.68. The molecule has 0 aliphatic carbocycles. The monoisotopic (exact) mass is 269 g/mol. The third-order valence-corrected chi connectivity index (χ3v) is 2.68. The number of carbonyl (C=O) groups excluding carboxylic acids is 1. The highest BCUT2D eigenvalue weighted by atomic mass is 16.3. The minimum atomic E-state index is -0.121. The number of anilines is 1. The lowest BCUT2D eigenvalue weighted by molar-refractivity contribution is -0.114. The van der Waals surface area contributed by atoms with Crippen LogP contribution in [0.1, 0.15) is 12.5 Å². The maximum absolute atomic E-state index is 10.9. The molecular weight excluding hydrogens is 254 g/mol. The second kappa shape index (κ2) is 5.97. The number of phenolic OH excluding ortho intramolecular Hbond substituents is 1. The first-order valence-electron chi connectivity index (χ1n) is 6.14. The number of phenols is 1. The molecule has 2 aromatic carbocycles. The van der Waals surface area contributed by atoms with Gasteiger partial charge in [0.15, 0.2) is 0 Å². The molecule has 5 nitrogen and oxygen atoms in total. The van der Waals surface area contributed by atoms with Gasteiger partial charge in [0.1, 0.15) is 11.4 Å². The van der Waals surface area contributed by atoms with Gasteiger partial charge in [-0.25, -0.2) is 0 Å². The number of nitrogens with zero attached hydrogens (tertiary/aromatic N) is 2. The number of aromatic hydroxyl groups is 1. The fourth-order valence-corrected chi connectivity index (χ4v) is 1.65. The molecule has 20 heavy (non-hydrogen) atoms. The molecule has 0 heterocycles. The molecule has 0 bridgehead atoms. The molecule has 0 saturated carbocycles. The van der Waals surface area contributed by atoms with Crippen LogP contribution in [0.25, 0.3) is 0 Å². The lowest BCUT2D eigenvalue weighted by Gasteiger charge is -2.02. The molecule has 0 aliphatic rings. The number of nitrogens with one attached hydrogen (secondary N) is 1. The van der Waals surface area contributed by atoms with Crippen molar-refractivity contribution in [2.45, 2.75) is 13.8 Å². The molecule has 0 unspecified atom stereocenters. The Labute approximate surface area is 117 Å². The molecule has 0 saturated heterocycles. The van der Waals surface area contributed by atoms with E-state index >= 15 is 0 Å². The highest BCUT2D eigenvalue weighted by Crippen LogP contribution is 2.30. The van der Waals surface area contributed by atoms with Crippen molar-refractivity contribution in [3.05, 3.63) is 48.0 Å². The van der Waals surface area contributed by atoms with E-state index in [0.29, 0.717) is 17.1 Å². The first-order valence-corrected chi connectivity index (χ1v) is 6.14. The highest BCUT2D eigenvalue weighted by molar-refractivity contribution is 5.88. The standard InChI is InChI=1S/C15H15N3O2/c1-10-4-3-5-14(15(10)20)18-17-13-8-6-12(7-9-13)16-11(2)19/h3-9,20H,1-2H3,(H,16,19). The second-order valence-electron chi connectivity index (χ2n) is 4.37. The maximum atomic E-state index is 10.9. The second-order valence-corrected chi connectivity index (χ2v) is 4.37. The van der Waals surface area contributed by atoms with E-state index in [0.717, 1.165) is 5.56 Å². The van der Waals surface area contributed by atoms with Crippen molar-refractivity contribution < 1.29 is 9.90 Å². The number of para-hydroxylation sites is 1. The largest absolute Gasteiger partial charge is 0.505 e. The third kappa shape index (κ3) is 3.41. The summed E-state index contributed by atoms with van der Waals surface area (Å²) in [6, 6.07) is 12.3. The summed E-state index contributed by atoms with van der Waals surface area (Å²) in [5.74, 6) is 0.00942. The fourth-order valence-electron chi connectivity index (χ4n) is 1.65. The number of amides is 1. The number of benzene rings is 2. The van der Waals surface area contributed by atoms with E-state index < -0.39 is 0 Å². The van der Waals surface area contributed by atoms with Gasteiger partial charge in [-0.2, -0.15) is 5.11 Å². The number of azo groups is 1. The van der Waals surface area contributed by atoms with Crippen LogP contribution < -0.4 is 5.32 Å². The molecule has 5 heteroatoms. The molecule has 102 valence electrons. The highest BCUT2D eigenvalue weighted by Gasteiger charge is 2.02. The van der Waals surface area contributed by atoms with Crippen molar-refractivity contribution in [1.29, 1.82) is 0 Å². The Balaban J connectivity index is 2.15. The molecule has 0 aromatic heterocycles. The van der Waals surface area contributed by atoms with Crippen LogP contribution in [0.15, 0.2) is 52.7 Å². The zero-order chi connectivity index (χ0) is 14.5. The van der Waals surface area contributed by atoms with Crippen molar-refractivity contribution in [2.24, 2.45) is 10.2 Å². The fraction of sp³-hybridized carbons (Fsp3) is 0.133. The number of carbonyl (C=O) groups is 1. The van der Waals surface area contributed by atoms with Crippen LogP contribution in [0.4, 0.5) is 17.1 Å². The Morgan fingerprint density at radius 1 is 1.10 bits per heavy atom. The molecule has 0 fully saturated rings. The molecule has 1 amide bonds. The summed E-state index contributed by atoms with van der Waals surface area (Å²) in [5.41, 5.74) is 2.52. The Bertz CT molecular complexity index is 649. The number of hydrogen-bond donors (Lipinski definition) is 2. The van der Waals surface area contributed by atoms with Crippen LogP contribution in [-0.4, -0.2) is 11.0 Å².